The Morgan fingerprint density at radius 2 is 2.57 bits per heavy atom. The van der Waals surface area contributed by atoms with Gasteiger partial charge in [0, 0.05) is 6.92 Å². The molecule has 0 unspecified atom stereocenters. The zero-order valence-electron chi connectivity index (χ0n) is 4.02. The number of rotatable bonds is 1. The number of hydrogen-bond acceptors (Lipinski definition) is 3. The summed E-state index contributed by atoms with van der Waals surface area (Å²) in [6.07, 6.45) is 0. The predicted octanol–water partition coefficient (Wildman–Crippen LogP) is 0.688. The molecule has 2 N–H and O–H groups in total. The molecule has 0 radical (unpaired) electrons. The summed E-state index contributed by atoms with van der Waals surface area (Å²) in [5, 5.41) is 3.27. The maximum atomic E-state index is 4.82. The predicted molar refractivity (Wildman–Crippen MR) is 37.3 cm³/mol. The highest BCUT2D eigenvalue weighted by atomic mass is 127. The van der Waals surface area contributed by atoms with E-state index in [2.05, 4.69) is 27.7 Å². The van der Waals surface area contributed by atoms with E-state index in [1.807, 2.05) is 0 Å². The summed E-state index contributed by atoms with van der Waals surface area (Å²) in [5.74, 6) is 5.34. The van der Waals surface area contributed by atoms with Gasteiger partial charge in [-0.3, -0.25) is 0 Å². The Morgan fingerprint density at radius 3 is 2.71 bits per heavy atom. The highest BCUT2D eigenvalue weighted by molar-refractivity contribution is 14.1. The van der Waals surface area contributed by atoms with Crippen LogP contribution in [0, 0.1) is 0 Å². The van der Waals surface area contributed by atoms with Crippen LogP contribution in [0.2, 0.25) is 0 Å². The number of alkyl halides is 1. The Hall–Kier alpha value is 0. The van der Waals surface area contributed by atoms with Crippen molar-refractivity contribution in [1.29, 1.82) is 0 Å². The number of halogens is 1. The van der Waals surface area contributed by atoms with Crippen LogP contribution in [0.15, 0.2) is 5.10 Å². The minimum absolute atomic E-state index is 0.523. The normalized spacial score (nSPS) is 11.4. The second-order valence-corrected chi connectivity index (χ2v) is 1.52. The van der Waals surface area contributed by atoms with Crippen LogP contribution < -0.4 is 5.84 Å². The van der Waals surface area contributed by atoms with E-state index in [0.717, 1.165) is 0 Å². The maximum Gasteiger partial charge on any atom is 0.203 e. The summed E-state index contributed by atoms with van der Waals surface area (Å²) in [4.78, 5) is 0. The molecule has 0 fully saturated rings. The van der Waals surface area contributed by atoms with E-state index in [9.17, 15) is 0 Å². The molecule has 0 aromatic carbocycles. The number of ether oxygens (including phenoxy) is 1. The molecule has 0 aromatic rings. The van der Waals surface area contributed by atoms with Crippen LogP contribution in [-0.4, -0.2) is 10.5 Å². The fourth-order valence-electron chi connectivity index (χ4n) is 0.116. The van der Waals surface area contributed by atoms with Gasteiger partial charge in [-0.1, -0.05) is 0 Å². The lowest BCUT2D eigenvalue weighted by Crippen LogP contribution is -1.99. The highest BCUT2D eigenvalue weighted by Gasteiger charge is 1.81. The van der Waals surface area contributed by atoms with Crippen LogP contribution in [-0.2, 0) is 4.74 Å². The molecular formula is C3H7IN2O. The summed E-state index contributed by atoms with van der Waals surface area (Å²) in [6, 6.07) is 0. The van der Waals surface area contributed by atoms with E-state index < -0.39 is 0 Å². The van der Waals surface area contributed by atoms with Crippen molar-refractivity contribution in [3.8, 4) is 0 Å². The van der Waals surface area contributed by atoms with Gasteiger partial charge < -0.3 is 10.6 Å². The summed E-state index contributed by atoms with van der Waals surface area (Å²) < 4.78 is 5.40. The smallest absolute Gasteiger partial charge is 0.203 e. The Balaban J connectivity index is 3.17. The van der Waals surface area contributed by atoms with Crippen LogP contribution in [0.3, 0.4) is 0 Å². The van der Waals surface area contributed by atoms with Crippen molar-refractivity contribution in [1.82, 2.24) is 0 Å². The third-order valence-corrected chi connectivity index (χ3v) is 0.757. The van der Waals surface area contributed by atoms with Crippen LogP contribution in [0.4, 0.5) is 0 Å². The number of nitrogens with zero attached hydrogens (tertiary/aromatic N) is 1. The van der Waals surface area contributed by atoms with Crippen molar-refractivity contribution in [2.75, 3.05) is 4.61 Å². The molecule has 0 spiro atoms. The lowest BCUT2D eigenvalue weighted by Gasteiger charge is -1.94. The number of hydrogen-bond donors (Lipinski definition) is 1. The molecule has 0 heterocycles. The fraction of sp³-hybridized carbons (Fsp3) is 0.667. The van der Waals surface area contributed by atoms with Crippen LogP contribution in [0.5, 0.6) is 0 Å². The minimum atomic E-state index is 0.523. The zero-order chi connectivity index (χ0) is 5.70. The first-order chi connectivity index (χ1) is 3.31. The van der Waals surface area contributed by atoms with Crippen LogP contribution >= 0.6 is 22.6 Å². The molecule has 3 nitrogen and oxygen atoms in total. The quantitative estimate of drug-likeness (QED) is 0.174. The van der Waals surface area contributed by atoms with E-state index in [1.54, 1.807) is 6.92 Å². The third kappa shape index (κ3) is 3.84. The average Bonchev–Trinajstić information content (AvgIpc) is 1.68. The SMILES string of the molecule is C/C(=N/N)OCI. The van der Waals surface area contributed by atoms with Crippen molar-refractivity contribution in [3.63, 3.8) is 0 Å². The Bertz CT molecular complexity index is 73.3. The summed E-state index contributed by atoms with van der Waals surface area (Å²) >= 11 is 2.07. The van der Waals surface area contributed by atoms with Gasteiger partial charge in [-0.05, 0) is 22.6 Å². The molecule has 0 aliphatic rings. The van der Waals surface area contributed by atoms with Gasteiger partial charge in [-0.2, -0.15) is 0 Å². The highest BCUT2D eigenvalue weighted by Crippen LogP contribution is 1.84. The molecular weight excluding hydrogens is 207 g/mol. The number of hydrazone groups is 1. The molecule has 0 rings (SSSR count). The van der Waals surface area contributed by atoms with E-state index in [-0.39, 0.29) is 0 Å². The first kappa shape index (κ1) is 7.00. The van der Waals surface area contributed by atoms with Gasteiger partial charge in [0.25, 0.3) is 0 Å². The first-order valence-corrected chi connectivity index (χ1v) is 3.27. The summed E-state index contributed by atoms with van der Waals surface area (Å²) in [5.41, 5.74) is 0. The van der Waals surface area contributed by atoms with Crippen LogP contribution in [0.1, 0.15) is 6.92 Å². The molecule has 7 heavy (non-hydrogen) atoms. The lowest BCUT2D eigenvalue weighted by molar-refractivity contribution is 0.387. The monoisotopic (exact) mass is 214 g/mol. The van der Waals surface area contributed by atoms with Gasteiger partial charge in [-0.25, -0.2) is 0 Å². The molecule has 0 saturated carbocycles. The largest absolute Gasteiger partial charge is 0.469 e. The van der Waals surface area contributed by atoms with E-state index in [0.29, 0.717) is 10.5 Å². The molecule has 42 valence electrons. The zero-order valence-corrected chi connectivity index (χ0v) is 6.18. The standard InChI is InChI=1S/C3H7IN2O/c1-3(6-5)7-2-4/h2,5H2,1H3/b6-3-. The lowest BCUT2D eigenvalue weighted by atomic mass is 10.8. The van der Waals surface area contributed by atoms with Gasteiger partial charge in [0.15, 0.2) is 0 Å². The van der Waals surface area contributed by atoms with E-state index >= 15 is 0 Å². The Kier molecular flexibility index (Phi) is 4.17. The van der Waals surface area contributed by atoms with E-state index in [4.69, 9.17) is 10.6 Å². The maximum absolute atomic E-state index is 4.82. The topological polar surface area (TPSA) is 47.6 Å². The minimum Gasteiger partial charge on any atom is -0.469 e. The van der Waals surface area contributed by atoms with Gasteiger partial charge >= 0.3 is 0 Å². The van der Waals surface area contributed by atoms with Gasteiger partial charge in [0.2, 0.25) is 5.90 Å². The molecule has 0 aliphatic carbocycles. The second kappa shape index (κ2) is 4.17. The van der Waals surface area contributed by atoms with Crippen molar-refractivity contribution in [2.45, 2.75) is 6.92 Å². The van der Waals surface area contributed by atoms with Crippen molar-refractivity contribution >= 4 is 28.5 Å². The Labute approximate surface area is 56.0 Å². The third-order valence-electron chi connectivity index (χ3n) is 0.445. The average molecular weight is 214 g/mol. The molecule has 0 saturated heterocycles. The summed E-state index contributed by atoms with van der Waals surface area (Å²) in [6.45, 7) is 1.71. The molecule has 0 aromatic heterocycles. The molecule has 0 bridgehead atoms. The molecule has 4 heteroatoms. The molecule has 0 aliphatic heterocycles. The second-order valence-electron chi connectivity index (χ2n) is 0.902. The van der Waals surface area contributed by atoms with E-state index in [1.165, 1.54) is 0 Å². The van der Waals surface area contributed by atoms with Crippen molar-refractivity contribution in [3.05, 3.63) is 0 Å². The Morgan fingerprint density at radius 1 is 2.00 bits per heavy atom. The first-order valence-electron chi connectivity index (χ1n) is 1.74. The molecule has 0 atom stereocenters. The van der Waals surface area contributed by atoms with Gasteiger partial charge in [-0.15, -0.1) is 5.10 Å². The number of nitrogens with two attached hydrogens (primary N) is 1. The van der Waals surface area contributed by atoms with Crippen LogP contribution in [0.25, 0.3) is 0 Å². The van der Waals surface area contributed by atoms with Gasteiger partial charge in [0.1, 0.15) is 4.61 Å². The summed E-state index contributed by atoms with van der Waals surface area (Å²) in [7, 11) is 0. The van der Waals surface area contributed by atoms with Crippen molar-refractivity contribution < 1.29 is 4.74 Å². The fourth-order valence-corrected chi connectivity index (χ4v) is 0.567. The van der Waals surface area contributed by atoms with Gasteiger partial charge in [0.05, 0.1) is 0 Å². The van der Waals surface area contributed by atoms with Crippen molar-refractivity contribution in [2.24, 2.45) is 10.9 Å². The molecule has 0 amide bonds.